The quantitative estimate of drug-likeness (QED) is 0.724. The smallest absolute Gasteiger partial charge is 0.321 e. The predicted octanol–water partition coefficient (Wildman–Crippen LogP) is 4.20. The molecule has 0 radical (unpaired) electrons. The minimum Gasteiger partial charge on any atom is -0.370 e. The van der Waals surface area contributed by atoms with E-state index >= 15 is 0 Å². The average Bonchev–Trinajstić information content (AvgIpc) is 2.70. The van der Waals surface area contributed by atoms with Gasteiger partial charge in [-0.3, -0.25) is 4.79 Å². The highest BCUT2D eigenvalue weighted by Crippen LogP contribution is 2.30. The van der Waals surface area contributed by atoms with Crippen LogP contribution >= 0.6 is 15.9 Å². The largest absolute Gasteiger partial charge is 0.370 e. The summed E-state index contributed by atoms with van der Waals surface area (Å²) in [6, 6.07) is 12.8. The van der Waals surface area contributed by atoms with Gasteiger partial charge < -0.3 is 20.9 Å². The molecular weight excluding hydrogens is 420 g/mol. The van der Waals surface area contributed by atoms with Crippen LogP contribution in [-0.2, 0) is 6.54 Å². The van der Waals surface area contributed by atoms with E-state index in [0.717, 1.165) is 41.7 Å². The van der Waals surface area contributed by atoms with Crippen molar-refractivity contribution in [3.63, 3.8) is 0 Å². The first-order chi connectivity index (χ1) is 13.5. The van der Waals surface area contributed by atoms with E-state index in [1.807, 2.05) is 30.3 Å². The van der Waals surface area contributed by atoms with E-state index in [2.05, 4.69) is 26.1 Å². The Morgan fingerprint density at radius 2 is 1.86 bits per heavy atom. The van der Waals surface area contributed by atoms with Gasteiger partial charge in [0.1, 0.15) is 0 Å². The number of nitrogens with one attached hydrogen (secondary N) is 1. The summed E-state index contributed by atoms with van der Waals surface area (Å²) in [5.41, 5.74) is 8.37. The molecule has 2 aromatic rings. The Kier molecular flexibility index (Phi) is 6.57. The highest BCUT2D eigenvalue weighted by atomic mass is 79.9. The Labute approximate surface area is 173 Å². The number of carbonyl (C=O) groups excluding carboxylic acids is 2. The molecule has 0 saturated carbocycles. The summed E-state index contributed by atoms with van der Waals surface area (Å²) in [5.74, 6) is -0.512. The van der Waals surface area contributed by atoms with Crippen LogP contribution in [0.25, 0.3) is 0 Å². The summed E-state index contributed by atoms with van der Waals surface area (Å²) in [6.07, 6.45) is 3.45. The number of anilines is 2. The van der Waals surface area contributed by atoms with E-state index in [9.17, 15) is 9.59 Å². The van der Waals surface area contributed by atoms with Crippen LogP contribution in [0.3, 0.4) is 0 Å². The predicted molar refractivity (Wildman–Crippen MR) is 116 cm³/mol. The van der Waals surface area contributed by atoms with Crippen molar-refractivity contribution in [2.45, 2.75) is 25.8 Å². The highest BCUT2D eigenvalue weighted by Gasteiger charge is 2.19. The maximum absolute atomic E-state index is 12.8. The van der Waals surface area contributed by atoms with E-state index in [0.29, 0.717) is 17.8 Å². The van der Waals surface area contributed by atoms with Gasteiger partial charge in [0.05, 0.1) is 11.4 Å². The number of nitrogens with zero attached hydrogens (tertiary/aromatic N) is 2. The van der Waals surface area contributed by atoms with Crippen molar-refractivity contribution in [3.05, 3.63) is 58.1 Å². The Morgan fingerprint density at radius 1 is 1.14 bits per heavy atom. The van der Waals surface area contributed by atoms with Crippen molar-refractivity contribution in [2.24, 2.45) is 5.73 Å². The second kappa shape index (κ2) is 9.10. The lowest BCUT2D eigenvalue weighted by molar-refractivity contribution is 0.100. The average molecular weight is 445 g/mol. The third-order valence-corrected chi connectivity index (χ3v) is 5.71. The van der Waals surface area contributed by atoms with Crippen molar-refractivity contribution >= 4 is 39.2 Å². The number of amides is 3. The third kappa shape index (κ3) is 4.84. The van der Waals surface area contributed by atoms with E-state index in [1.165, 1.54) is 6.42 Å². The topological polar surface area (TPSA) is 78.7 Å². The molecule has 1 heterocycles. The van der Waals surface area contributed by atoms with Crippen LogP contribution in [0, 0.1) is 0 Å². The molecule has 6 nitrogen and oxygen atoms in total. The lowest BCUT2D eigenvalue weighted by Gasteiger charge is -2.31. The summed E-state index contributed by atoms with van der Waals surface area (Å²) in [4.78, 5) is 28.3. The summed E-state index contributed by atoms with van der Waals surface area (Å²) < 4.78 is 0.958. The molecule has 1 aliphatic rings. The Balaban J connectivity index is 1.80. The Hall–Kier alpha value is -2.54. The number of hydrogen-bond donors (Lipinski definition) is 2. The molecular formula is C21H25BrN4O2. The van der Waals surface area contributed by atoms with Crippen molar-refractivity contribution in [3.8, 4) is 0 Å². The van der Waals surface area contributed by atoms with Crippen LogP contribution in [0.5, 0.6) is 0 Å². The molecule has 3 N–H and O–H groups in total. The van der Waals surface area contributed by atoms with Crippen LogP contribution in [0.4, 0.5) is 16.2 Å². The van der Waals surface area contributed by atoms with E-state index in [4.69, 9.17) is 5.73 Å². The van der Waals surface area contributed by atoms with Crippen LogP contribution < -0.4 is 16.0 Å². The number of carbonyl (C=O) groups is 2. The van der Waals surface area contributed by atoms with Gasteiger partial charge in [0, 0.05) is 36.7 Å². The van der Waals surface area contributed by atoms with Gasteiger partial charge in [-0.1, -0.05) is 34.1 Å². The molecule has 7 heteroatoms. The number of urea groups is 1. The summed E-state index contributed by atoms with van der Waals surface area (Å²) >= 11 is 3.51. The molecule has 148 valence electrons. The van der Waals surface area contributed by atoms with Gasteiger partial charge in [-0.05, 0) is 49.1 Å². The number of primary amides is 1. The molecule has 3 rings (SSSR count). The lowest BCUT2D eigenvalue weighted by atomic mass is 10.1. The second-order valence-corrected chi connectivity index (χ2v) is 7.88. The van der Waals surface area contributed by atoms with Gasteiger partial charge in [-0.25, -0.2) is 4.79 Å². The first-order valence-corrected chi connectivity index (χ1v) is 10.2. The molecule has 1 fully saturated rings. The summed E-state index contributed by atoms with van der Waals surface area (Å²) in [6.45, 7) is 2.33. The highest BCUT2D eigenvalue weighted by molar-refractivity contribution is 9.10. The van der Waals surface area contributed by atoms with E-state index in [1.54, 1.807) is 24.1 Å². The number of nitrogens with two attached hydrogens (primary N) is 1. The standard InChI is InChI=1S/C21H25BrN4O2/c1-25(14-16-7-3-4-8-17(16)22)21(28)24-18-13-15(20(23)27)9-10-19(18)26-11-5-2-6-12-26/h3-4,7-10,13H,2,5-6,11-12,14H2,1H3,(H2,23,27)(H,24,28). The number of hydrogen-bond acceptors (Lipinski definition) is 3. The monoisotopic (exact) mass is 444 g/mol. The van der Waals surface area contributed by atoms with E-state index in [-0.39, 0.29) is 6.03 Å². The van der Waals surface area contributed by atoms with Gasteiger partial charge in [0.15, 0.2) is 0 Å². The fourth-order valence-electron chi connectivity index (χ4n) is 3.36. The Bertz CT molecular complexity index is 865. The molecule has 1 aliphatic heterocycles. The van der Waals surface area contributed by atoms with Crippen molar-refractivity contribution in [1.29, 1.82) is 0 Å². The fourth-order valence-corrected chi connectivity index (χ4v) is 3.77. The van der Waals surface area contributed by atoms with Crippen LogP contribution in [0.2, 0.25) is 0 Å². The summed E-state index contributed by atoms with van der Waals surface area (Å²) in [7, 11) is 1.74. The SMILES string of the molecule is CN(Cc1ccccc1Br)C(=O)Nc1cc(C(N)=O)ccc1N1CCCCC1. The fraction of sp³-hybridized carbons (Fsp3) is 0.333. The molecule has 0 atom stereocenters. The van der Waals surface area contributed by atoms with Gasteiger partial charge in [0.25, 0.3) is 0 Å². The van der Waals surface area contributed by atoms with Crippen LogP contribution in [-0.4, -0.2) is 37.0 Å². The molecule has 0 aromatic heterocycles. The molecule has 3 amide bonds. The third-order valence-electron chi connectivity index (χ3n) is 4.93. The first-order valence-electron chi connectivity index (χ1n) is 9.40. The molecule has 0 unspecified atom stereocenters. The lowest BCUT2D eigenvalue weighted by Crippen LogP contribution is -2.34. The van der Waals surface area contributed by atoms with Gasteiger partial charge in [0.2, 0.25) is 5.91 Å². The van der Waals surface area contributed by atoms with Gasteiger partial charge in [-0.2, -0.15) is 0 Å². The first kappa shape index (κ1) is 20.2. The van der Waals surface area contributed by atoms with E-state index < -0.39 is 5.91 Å². The van der Waals surface area contributed by atoms with Crippen molar-refractivity contribution < 1.29 is 9.59 Å². The minimum atomic E-state index is -0.512. The zero-order chi connectivity index (χ0) is 20.1. The number of halogens is 1. The normalized spacial score (nSPS) is 13.9. The van der Waals surface area contributed by atoms with Gasteiger partial charge in [-0.15, -0.1) is 0 Å². The summed E-state index contributed by atoms with van der Waals surface area (Å²) in [5, 5.41) is 2.96. The maximum atomic E-state index is 12.8. The van der Waals surface area contributed by atoms with Gasteiger partial charge >= 0.3 is 6.03 Å². The second-order valence-electron chi connectivity index (χ2n) is 7.02. The zero-order valence-electron chi connectivity index (χ0n) is 16.0. The molecule has 2 aromatic carbocycles. The van der Waals surface area contributed by atoms with Crippen LogP contribution in [0.15, 0.2) is 46.9 Å². The minimum absolute atomic E-state index is 0.240. The van der Waals surface area contributed by atoms with Crippen molar-refractivity contribution in [2.75, 3.05) is 30.4 Å². The number of benzene rings is 2. The molecule has 28 heavy (non-hydrogen) atoms. The van der Waals surface area contributed by atoms with Crippen molar-refractivity contribution in [1.82, 2.24) is 4.90 Å². The molecule has 0 spiro atoms. The zero-order valence-corrected chi connectivity index (χ0v) is 17.5. The maximum Gasteiger partial charge on any atom is 0.321 e. The number of piperidine rings is 1. The molecule has 0 aliphatic carbocycles. The number of rotatable bonds is 5. The molecule has 1 saturated heterocycles. The molecule has 0 bridgehead atoms. The van der Waals surface area contributed by atoms with Crippen LogP contribution in [0.1, 0.15) is 35.2 Å². The Morgan fingerprint density at radius 3 is 2.54 bits per heavy atom.